The number of nitrogens with one attached hydrogen (secondary N) is 1. The van der Waals surface area contributed by atoms with Gasteiger partial charge in [-0.25, -0.2) is 4.79 Å². The zero-order valence-corrected chi connectivity index (χ0v) is 12.6. The molecule has 7 nitrogen and oxygen atoms in total. The van der Waals surface area contributed by atoms with E-state index in [2.05, 4.69) is 5.32 Å². The number of amides is 2. The Bertz CT molecular complexity index is 644. The molecule has 0 heterocycles. The lowest BCUT2D eigenvalue weighted by Gasteiger charge is -2.13. The summed E-state index contributed by atoms with van der Waals surface area (Å²) in [5.74, 6) is -1.75. The number of hydrogen-bond donors (Lipinski definition) is 2. The summed E-state index contributed by atoms with van der Waals surface area (Å²) in [5, 5.41) is 11.2. The molecule has 1 rings (SSSR count). The smallest absolute Gasteiger partial charge is 0.330 e. The van der Waals surface area contributed by atoms with Crippen molar-refractivity contribution in [3.8, 4) is 6.07 Å². The molecule has 120 valence electrons. The van der Waals surface area contributed by atoms with Crippen molar-refractivity contribution >= 4 is 17.8 Å². The molecule has 0 saturated carbocycles. The minimum atomic E-state index is -0.955. The van der Waals surface area contributed by atoms with Gasteiger partial charge < -0.3 is 15.8 Å². The molecule has 2 amide bonds. The van der Waals surface area contributed by atoms with E-state index in [-0.39, 0.29) is 13.0 Å². The number of primary amides is 1. The van der Waals surface area contributed by atoms with Crippen molar-refractivity contribution in [1.29, 1.82) is 5.26 Å². The average Bonchev–Trinajstić information content (AvgIpc) is 2.54. The van der Waals surface area contributed by atoms with E-state index in [1.54, 1.807) is 6.92 Å². The fourth-order valence-corrected chi connectivity index (χ4v) is 1.67. The lowest BCUT2D eigenvalue weighted by molar-refractivity contribution is -0.137. The van der Waals surface area contributed by atoms with Gasteiger partial charge in [0, 0.05) is 11.6 Å². The van der Waals surface area contributed by atoms with Gasteiger partial charge >= 0.3 is 5.97 Å². The van der Waals surface area contributed by atoms with Crippen LogP contribution in [0.4, 0.5) is 0 Å². The summed E-state index contributed by atoms with van der Waals surface area (Å²) in [7, 11) is 0. The van der Waals surface area contributed by atoms with Gasteiger partial charge in [0.2, 0.25) is 5.91 Å². The van der Waals surface area contributed by atoms with Crippen LogP contribution in [0.2, 0.25) is 0 Å². The van der Waals surface area contributed by atoms with Gasteiger partial charge in [0.05, 0.1) is 18.2 Å². The maximum absolute atomic E-state index is 12.0. The molecule has 0 aliphatic heterocycles. The number of nitrogens with two attached hydrogens (primary N) is 1. The van der Waals surface area contributed by atoms with Gasteiger partial charge in [-0.05, 0) is 37.6 Å². The molecule has 0 aliphatic carbocycles. The predicted octanol–water partition coefficient (Wildman–Crippen LogP) is 0.651. The van der Waals surface area contributed by atoms with E-state index in [1.165, 1.54) is 36.4 Å². The molecule has 0 radical (unpaired) electrons. The predicted molar refractivity (Wildman–Crippen MR) is 82.0 cm³/mol. The van der Waals surface area contributed by atoms with Crippen molar-refractivity contribution in [3.63, 3.8) is 0 Å². The number of nitriles is 1. The van der Waals surface area contributed by atoms with Gasteiger partial charge in [-0.1, -0.05) is 6.08 Å². The van der Waals surface area contributed by atoms with Crippen molar-refractivity contribution < 1.29 is 19.1 Å². The molecule has 0 aliphatic rings. The van der Waals surface area contributed by atoms with Crippen LogP contribution in [0, 0.1) is 11.3 Å². The first-order valence-corrected chi connectivity index (χ1v) is 6.91. The van der Waals surface area contributed by atoms with Crippen molar-refractivity contribution in [3.05, 3.63) is 47.5 Å². The summed E-state index contributed by atoms with van der Waals surface area (Å²) < 4.78 is 4.70. The Hall–Kier alpha value is -3.14. The van der Waals surface area contributed by atoms with Crippen molar-refractivity contribution in [2.45, 2.75) is 19.4 Å². The number of carbonyl (C=O) groups is 3. The van der Waals surface area contributed by atoms with Crippen LogP contribution < -0.4 is 11.1 Å². The molecule has 1 aromatic rings. The van der Waals surface area contributed by atoms with E-state index < -0.39 is 23.8 Å². The van der Waals surface area contributed by atoms with Gasteiger partial charge in [-0.2, -0.15) is 5.26 Å². The Balaban J connectivity index is 2.68. The molecule has 0 aromatic heterocycles. The maximum Gasteiger partial charge on any atom is 0.330 e. The number of nitrogens with zero attached hydrogens (tertiary/aromatic N) is 1. The van der Waals surface area contributed by atoms with Crippen LogP contribution in [-0.2, 0) is 14.3 Å². The molecule has 0 saturated heterocycles. The summed E-state index contributed by atoms with van der Waals surface area (Å²) in [4.78, 5) is 34.6. The first kappa shape index (κ1) is 17.9. The minimum absolute atomic E-state index is 0.0656. The van der Waals surface area contributed by atoms with E-state index in [0.717, 1.165) is 0 Å². The maximum atomic E-state index is 12.0. The largest absolute Gasteiger partial charge is 0.463 e. The highest BCUT2D eigenvalue weighted by Gasteiger charge is 2.17. The third-order valence-electron chi connectivity index (χ3n) is 2.84. The Kier molecular flexibility index (Phi) is 7.01. The number of rotatable bonds is 7. The Labute approximate surface area is 133 Å². The van der Waals surface area contributed by atoms with Gasteiger partial charge in [-0.15, -0.1) is 0 Å². The highest BCUT2D eigenvalue weighted by Crippen LogP contribution is 2.04. The fourth-order valence-electron chi connectivity index (χ4n) is 1.67. The zero-order chi connectivity index (χ0) is 17.2. The fraction of sp³-hybridized carbons (Fsp3) is 0.250. The number of ether oxygens (including phenoxy) is 1. The Morgan fingerprint density at radius 1 is 1.35 bits per heavy atom. The molecule has 23 heavy (non-hydrogen) atoms. The second kappa shape index (κ2) is 9.00. The summed E-state index contributed by atoms with van der Waals surface area (Å²) in [6.07, 6.45) is 2.65. The molecule has 0 unspecified atom stereocenters. The second-order valence-electron chi connectivity index (χ2n) is 4.51. The van der Waals surface area contributed by atoms with E-state index in [4.69, 9.17) is 15.7 Å². The molecule has 0 bridgehead atoms. The average molecular weight is 315 g/mol. The van der Waals surface area contributed by atoms with E-state index in [9.17, 15) is 14.4 Å². The van der Waals surface area contributed by atoms with E-state index in [1.807, 2.05) is 6.07 Å². The van der Waals surface area contributed by atoms with Crippen LogP contribution in [0.1, 0.15) is 29.3 Å². The quantitative estimate of drug-likeness (QED) is 0.565. The standard InChI is InChI=1S/C16H17N3O4/c1-2-23-14(20)5-3-4-13(15(18)21)19-16(22)12-8-6-11(10-17)7-9-12/h3,5-9,13H,2,4H2,1H3,(H2,18,21)(H,19,22)/b5-3+/t13-/m0/s1. The number of carbonyl (C=O) groups excluding carboxylic acids is 3. The van der Waals surface area contributed by atoms with E-state index >= 15 is 0 Å². The second-order valence-corrected chi connectivity index (χ2v) is 4.51. The topological polar surface area (TPSA) is 122 Å². The number of hydrogen-bond acceptors (Lipinski definition) is 5. The normalized spacial score (nSPS) is 11.5. The van der Waals surface area contributed by atoms with Gasteiger partial charge in [0.15, 0.2) is 0 Å². The van der Waals surface area contributed by atoms with Crippen LogP contribution in [0.25, 0.3) is 0 Å². The van der Waals surface area contributed by atoms with Crippen molar-refractivity contribution in [2.24, 2.45) is 5.73 Å². The monoisotopic (exact) mass is 315 g/mol. The lowest BCUT2D eigenvalue weighted by atomic mass is 10.1. The summed E-state index contributed by atoms with van der Waals surface area (Å²) in [6.45, 7) is 1.92. The van der Waals surface area contributed by atoms with Crippen molar-refractivity contribution in [2.75, 3.05) is 6.61 Å². The molecular formula is C16H17N3O4. The molecule has 7 heteroatoms. The third-order valence-corrected chi connectivity index (χ3v) is 2.84. The zero-order valence-electron chi connectivity index (χ0n) is 12.6. The lowest BCUT2D eigenvalue weighted by Crippen LogP contribution is -2.44. The summed E-state index contributed by atoms with van der Waals surface area (Å²) in [5.41, 5.74) is 5.96. The highest BCUT2D eigenvalue weighted by atomic mass is 16.5. The van der Waals surface area contributed by atoms with E-state index in [0.29, 0.717) is 11.1 Å². The third kappa shape index (κ3) is 6.01. The van der Waals surface area contributed by atoms with Crippen LogP contribution in [0.15, 0.2) is 36.4 Å². The summed E-state index contributed by atoms with van der Waals surface area (Å²) in [6, 6.07) is 6.92. The first-order chi connectivity index (χ1) is 11.0. The number of esters is 1. The van der Waals surface area contributed by atoms with Gasteiger partial charge in [0.1, 0.15) is 6.04 Å². The molecule has 1 aromatic carbocycles. The Morgan fingerprint density at radius 3 is 2.52 bits per heavy atom. The minimum Gasteiger partial charge on any atom is -0.463 e. The van der Waals surface area contributed by atoms with Crippen LogP contribution in [0.3, 0.4) is 0 Å². The SMILES string of the molecule is CCOC(=O)/C=C/C[C@H](NC(=O)c1ccc(C#N)cc1)C(N)=O. The molecule has 0 spiro atoms. The molecule has 3 N–H and O–H groups in total. The number of benzene rings is 1. The molecule has 0 fully saturated rings. The first-order valence-electron chi connectivity index (χ1n) is 6.91. The summed E-state index contributed by atoms with van der Waals surface area (Å²) >= 11 is 0. The van der Waals surface area contributed by atoms with Gasteiger partial charge in [0.25, 0.3) is 5.91 Å². The van der Waals surface area contributed by atoms with Crippen LogP contribution in [0.5, 0.6) is 0 Å². The molecule has 1 atom stereocenters. The highest BCUT2D eigenvalue weighted by molar-refractivity contribution is 5.97. The van der Waals surface area contributed by atoms with Crippen LogP contribution in [-0.4, -0.2) is 30.4 Å². The van der Waals surface area contributed by atoms with Crippen LogP contribution >= 0.6 is 0 Å². The molecular weight excluding hydrogens is 298 g/mol. The Morgan fingerprint density at radius 2 is 2.00 bits per heavy atom. The van der Waals surface area contributed by atoms with Crippen molar-refractivity contribution in [1.82, 2.24) is 5.32 Å². The van der Waals surface area contributed by atoms with Gasteiger partial charge in [-0.3, -0.25) is 9.59 Å².